The first-order chi connectivity index (χ1) is 13.6. The van der Waals surface area contributed by atoms with E-state index in [4.69, 9.17) is 4.74 Å². The summed E-state index contributed by atoms with van der Waals surface area (Å²) < 4.78 is 28.8. The number of aromatic nitrogens is 1. The number of hydrogen-bond donors (Lipinski definition) is 3. The van der Waals surface area contributed by atoms with E-state index in [2.05, 4.69) is 15.0 Å². The fourth-order valence-corrected chi connectivity index (χ4v) is 3.58. The summed E-state index contributed by atoms with van der Waals surface area (Å²) in [5, 5.41) is 5.20. The third-order valence-electron chi connectivity index (χ3n) is 3.91. The van der Waals surface area contributed by atoms with Crippen molar-refractivity contribution in [1.82, 2.24) is 10.3 Å². The largest absolute Gasteiger partial charge is 0.461 e. The second kappa shape index (κ2) is 9.84. The Bertz CT molecular complexity index is 922. The lowest BCUT2D eigenvalue weighted by molar-refractivity contribution is -0.129. The molecule has 2 rings (SSSR count). The molecule has 0 fully saturated rings. The number of hydrogen-bond acceptors (Lipinski definition) is 7. The number of carbonyl (C=O) groups is 2. The number of esters is 1. The first-order valence-electron chi connectivity index (χ1n) is 9.03. The highest BCUT2D eigenvalue weighted by molar-refractivity contribution is 7.73. The van der Waals surface area contributed by atoms with Crippen molar-refractivity contribution in [2.24, 2.45) is 5.41 Å². The van der Waals surface area contributed by atoms with Crippen LogP contribution in [0.5, 0.6) is 0 Å². The molecule has 29 heavy (non-hydrogen) atoms. The minimum atomic E-state index is -2.73. The van der Waals surface area contributed by atoms with Crippen LogP contribution in [0.15, 0.2) is 29.6 Å². The van der Waals surface area contributed by atoms with E-state index in [1.54, 1.807) is 36.6 Å². The highest BCUT2D eigenvalue weighted by Crippen LogP contribution is 2.25. The number of benzene rings is 1. The molecule has 1 amide bonds. The van der Waals surface area contributed by atoms with Gasteiger partial charge in [0.15, 0.2) is 5.69 Å². The quantitative estimate of drug-likeness (QED) is 0.430. The van der Waals surface area contributed by atoms with Gasteiger partial charge < -0.3 is 10.1 Å². The molecule has 0 bridgehead atoms. The van der Waals surface area contributed by atoms with Crippen LogP contribution in [0.25, 0.3) is 0 Å². The third kappa shape index (κ3) is 6.82. The van der Waals surface area contributed by atoms with E-state index < -0.39 is 28.3 Å². The monoisotopic (exact) mass is 439 g/mol. The van der Waals surface area contributed by atoms with Gasteiger partial charge in [0.05, 0.1) is 12.6 Å². The van der Waals surface area contributed by atoms with Gasteiger partial charge in [0, 0.05) is 16.5 Å². The Morgan fingerprint density at radius 2 is 1.86 bits per heavy atom. The van der Waals surface area contributed by atoms with Crippen LogP contribution in [0.1, 0.15) is 54.8 Å². The highest BCUT2D eigenvalue weighted by atomic mass is 32.2. The van der Waals surface area contributed by atoms with Crippen molar-refractivity contribution >= 4 is 39.8 Å². The zero-order chi connectivity index (χ0) is 21.6. The van der Waals surface area contributed by atoms with Gasteiger partial charge in [-0.3, -0.25) is 9.52 Å². The van der Waals surface area contributed by atoms with E-state index in [1.165, 1.54) is 11.3 Å². The molecule has 10 heteroatoms. The molecule has 0 aliphatic rings. The van der Waals surface area contributed by atoms with Crippen LogP contribution < -0.4 is 10.0 Å². The molecule has 0 aliphatic carbocycles. The van der Waals surface area contributed by atoms with Crippen molar-refractivity contribution in [1.29, 1.82) is 0 Å². The Kier molecular flexibility index (Phi) is 7.74. The molecule has 0 aliphatic heterocycles. The van der Waals surface area contributed by atoms with Gasteiger partial charge in [0.2, 0.25) is 16.8 Å². The van der Waals surface area contributed by atoms with Crippen molar-refractivity contribution in [2.75, 3.05) is 11.3 Å². The number of thiol groups is 1. The fraction of sp³-hybridized carbons (Fsp3) is 0.421. The number of nitrogens with one attached hydrogen (secondary N) is 2. The number of amides is 1. The minimum Gasteiger partial charge on any atom is -0.461 e. The van der Waals surface area contributed by atoms with Crippen LogP contribution >= 0.6 is 11.3 Å². The second-order valence-electron chi connectivity index (χ2n) is 7.34. The lowest BCUT2D eigenvalue weighted by Gasteiger charge is -2.23. The summed E-state index contributed by atoms with van der Waals surface area (Å²) in [4.78, 5) is 28.8. The summed E-state index contributed by atoms with van der Waals surface area (Å²) in [6.45, 7) is 7.42. The van der Waals surface area contributed by atoms with Crippen LogP contribution in [0.3, 0.4) is 0 Å². The van der Waals surface area contributed by atoms with Crippen LogP contribution in [0, 0.1) is 5.41 Å². The first-order valence-corrected chi connectivity index (χ1v) is 11.1. The van der Waals surface area contributed by atoms with Crippen LogP contribution in [0.4, 0.5) is 5.69 Å². The molecule has 1 aromatic carbocycles. The van der Waals surface area contributed by atoms with E-state index in [1.807, 2.05) is 20.8 Å². The topological polar surface area (TPSA) is 114 Å². The van der Waals surface area contributed by atoms with E-state index in [0.29, 0.717) is 17.1 Å². The SMILES string of the molecule is CCOC(=O)c1csc([C@H](Cc2ccc(N[SH](=O)=O)cc2)NC(=O)C(C)(C)C)n1. The first kappa shape index (κ1) is 22.8. The standard InChI is InChI=1S/C19H25N3O5S2/c1-5-27-17(23)15-11-28-16(20-15)14(21-18(24)19(2,3)4)10-12-6-8-13(9-7-12)22-29(25)26/h6-9,11,14,29H,5,10H2,1-4H3,(H,21,24)(H,22,25,26)/t14-/m0/s1. The van der Waals surface area contributed by atoms with Gasteiger partial charge in [0.1, 0.15) is 5.01 Å². The number of anilines is 1. The summed E-state index contributed by atoms with van der Waals surface area (Å²) in [5.41, 5.74) is 0.954. The Labute approximate surface area is 175 Å². The van der Waals surface area contributed by atoms with E-state index >= 15 is 0 Å². The van der Waals surface area contributed by atoms with Gasteiger partial charge in [-0.25, -0.2) is 18.2 Å². The Hall–Kier alpha value is -2.46. The zero-order valence-corrected chi connectivity index (χ0v) is 18.4. The van der Waals surface area contributed by atoms with Crippen molar-refractivity contribution in [3.8, 4) is 0 Å². The Balaban J connectivity index is 2.25. The van der Waals surface area contributed by atoms with Gasteiger partial charge >= 0.3 is 5.97 Å². The molecule has 2 N–H and O–H groups in total. The maximum absolute atomic E-state index is 12.6. The Morgan fingerprint density at radius 1 is 1.21 bits per heavy atom. The number of thiazole rings is 1. The smallest absolute Gasteiger partial charge is 0.357 e. The molecule has 1 heterocycles. The molecule has 0 spiro atoms. The van der Waals surface area contributed by atoms with Gasteiger partial charge in [-0.2, -0.15) is 0 Å². The molecule has 1 aromatic heterocycles. The maximum Gasteiger partial charge on any atom is 0.357 e. The number of nitrogens with zero attached hydrogens (tertiary/aromatic N) is 1. The predicted octanol–water partition coefficient (Wildman–Crippen LogP) is 2.70. The average Bonchev–Trinajstić information content (AvgIpc) is 3.12. The maximum atomic E-state index is 12.6. The molecule has 158 valence electrons. The van der Waals surface area contributed by atoms with Crippen LogP contribution in [-0.2, 0) is 26.8 Å². The van der Waals surface area contributed by atoms with Gasteiger partial charge in [0.25, 0.3) is 0 Å². The van der Waals surface area contributed by atoms with Crippen molar-refractivity contribution in [3.63, 3.8) is 0 Å². The molecule has 1 atom stereocenters. The van der Waals surface area contributed by atoms with Gasteiger partial charge in [-0.05, 0) is 31.0 Å². The van der Waals surface area contributed by atoms with Gasteiger partial charge in [-0.15, -0.1) is 11.3 Å². The summed E-state index contributed by atoms with van der Waals surface area (Å²) in [5.74, 6) is -0.643. The normalized spacial score (nSPS) is 12.4. The molecule has 8 nitrogen and oxygen atoms in total. The molecule has 0 saturated carbocycles. The lowest BCUT2D eigenvalue weighted by atomic mass is 9.94. The van der Waals surface area contributed by atoms with E-state index in [0.717, 1.165) is 5.56 Å². The molecule has 2 aromatic rings. The predicted molar refractivity (Wildman–Crippen MR) is 112 cm³/mol. The average molecular weight is 440 g/mol. The molecular weight excluding hydrogens is 414 g/mol. The van der Waals surface area contributed by atoms with Crippen molar-refractivity contribution < 1.29 is 22.7 Å². The second-order valence-corrected chi connectivity index (χ2v) is 8.96. The third-order valence-corrected chi connectivity index (χ3v) is 5.30. The Morgan fingerprint density at radius 3 is 2.41 bits per heavy atom. The fourth-order valence-electron chi connectivity index (χ4n) is 2.38. The molecule has 0 unspecified atom stereocenters. The van der Waals surface area contributed by atoms with Crippen LogP contribution in [0.2, 0.25) is 0 Å². The van der Waals surface area contributed by atoms with E-state index in [-0.39, 0.29) is 18.2 Å². The minimum absolute atomic E-state index is 0.142. The van der Waals surface area contributed by atoms with Gasteiger partial charge in [-0.1, -0.05) is 32.9 Å². The summed E-state index contributed by atoms with van der Waals surface area (Å²) in [7, 11) is -2.73. The lowest BCUT2D eigenvalue weighted by Crippen LogP contribution is -2.38. The molecule has 0 radical (unpaired) electrons. The number of rotatable bonds is 8. The van der Waals surface area contributed by atoms with Crippen LogP contribution in [-0.4, -0.2) is 31.9 Å². The van der Waals surface area contributed by atoms with Crippen molar-refractivity contribution in [2.45, 2.75) is 40.2 Å². The van der Waals surface area contributed by atoms with E-state index in [9.17, 15) is 18.0 Å². The number of carbonyl (C=O) groups excluding carboxylic acids is 2. The summed E-state index contributed by atoms with van der Waals surface area (Å²) in [6, 6.07) is 6.41. The summed E-state index contributed by atoms with van der Waals surface area (Å²) in [6.07, 6.45) is 0.432. The molecular formula is C19H25N3O5S2. The van der Waals surface area contributed by atoms with Crippen molar-refractivity contribution in [3.05, 3.63) is 45.9 Å². The zero-order valence-electron chi connectivity index (χ0n) is 16.7. The number of ether oxygens (including phenoxy) is 1. The summed E-state index contributed by atoms with van der Waals surface area (Å²) >= 11 is 1.28. The molecule has 0 saturated heterocycles. The highest BCUT2D eigenvalue weighted by Gasteiger charge is 2.27.